The number of ether oxygens (including phenoxy) is 1. The maximum Gasteiger partial charge on any atom is 0.130 e. The first-order valence-electron chi connectivity index (χ1n) is 6.26. The summed E-state index contributed by atoms with van der Waals surface area (Å²) in [7, 11) is 0. The molecule has 0 bridgehead atoms. The van der Waals surface area contributed by atoms with Gasteiger partial charge >= 0.3 is 0 Å². The van der Waals surface area contributed by atoms with Crippen molar-refractivity contribution in [2.24, 2.45) is 0 Å². The zero-order valence-corrected chi connectivity index (χ0v) is 12.0. The fourth-order valence-corrected chi connectivity index (χ4v) is 2.41. The Kier molecular flexibility index (Phi) is 4.68. The molecule has 1 aromatic heterocycles. The van der Waals surface area contributed by atoms with Gasteiger partial charge in [0.25, 0.3) is 0 Å². The number of thiazole rings is 1. The van der Waals surface area contributed by atoms with Crippen LogP contribution in [-0.2, 0) is 17.8 Å². The molecular formula is C15H17NO2S. The fourth-order valence-electron chi connectivity index (χ4n) is 1.70. The van der Waals surface area contributed by atoms with E-state index in [0.29, 0.717) is 13.0 Å². The topological polar surface area (TPSA) is 39.2 Å². The van der Waals surface area contributed by atoms with Crippen LogP contribution in [0.1, 0.15) is 28.8 Å². The van der Waals surface area contributed by atoms with Crippen molar-refractivity contribution >= 4 is 17.1 Å². The van der Waals surface area contributed by atoms with Crippen molar-refractivity contribution in [3.8, 4) is 5.75 Å². The molecule has 0 saturated heterocycles. The highest BCUT2D eigenvalue weighted by atomic mass is 32.1. The van der Waals surface area contributed by atoms with Gasteiger partial charge in [0, 0.05) is 12.6 Å². The number of carbonyl (C=O) groups excluding carboxylic acids is 1. The molecule has 2 aromatic rings. The maximum atomic E-state index is 10.9. The van der Waals surface area contributed by atoms with E-state index in [0.717, 1.165) is 27.6 Å². The molecule has 0 saturated carbocycles. The lowest BCUT2D eigenvalue weighted by molar-refractivity contribution is -0.116. The lowest BCUT2D eigenvalue weighted by atomic mass is 10.1. The minimum absolute atomic E-state index is 0.223. The third-order valence-electron chi connectivity index (χ3n) is 2.74. The molecule has 3 nitrogen and oxygen atoms in total. The molecule has 0 unspecified atom stereocenters. The Morgan fingerprint density at radius 2 is 2.05 bits per heavy atom. The highest BCUT2D eigenvalue weighted by molar-refractivity contribution is 7.11. The Balaban J connectivity index is 1.86. The smallest absolute Gasteiger partial charge is 0.130 e. The molecule has 2 rings (SSSR count). The molecule has 0 fully saturated rings. The number of rotatable bonds is 6. The molecule has 19 heavy (non-hydrogen) atoms. The van der Waals surface area contributed by atoms with Crippen LogP contribution in [0.3, 0.4) is 0 Å². The van der Waals surface area contributed by atoms with E-state index in [1.165, 1.54) is 0 Å². The lowest BCUT2D eigenvalue weighted by Gasteiger charge is -2.05. The van der Waals surface area contributed by atoms with Crippen molar-refractivity contribution in [2.45, 2.75) is 33.3 Å². The van der Waals surface area contributed by atoms with Gasteiger partial charge in [-0.2, -0.15) is 0 Å². The Labute approximate surface area is 117 Å². The number of hydrogen-bond acceptors (Lipinski definition) is 4. The maximum absolute atomic E-state index is 10.9. The standard InChI is InChI=1S/C15H17NO2S/c1-11(17)3-4-13-5-7-14(8-6-13)18-10-15-9-16-12(2)19-15/h5-9H,3-4,10H2,1-2H3. The van der Waals surface area contributed by atoms with Crippen LogP contribution in [-0.4, -0.2) is 10.8 Å². The van der Waals surface area contributed by atoms with Crippen molar-refractivity contribution in [1.82, 2.24) is 4.98 Å². The van der Waals surface area contributed by atoms with Gasteiger partial charge in [-0.1, -0.05) is 12.1 Å². The van der Waals surface area contributed by atoms with Gasteiger partial charge in [-0.3, -0.25) is 0 Å². The molecule has 0 radical (unpaired) electrons. The van der Waals surface area contributed by atoms with Crippen molar-refractivity contribution in [2.75, 3.05) is 0 Å². The molecule has 0 atom stereocenters. The lowest BCUT2D eigenvalue weighted by Crippen LogP contribution is -1.95. The second kappa shape index (κ2) is 6.48. The third kappa shape index (κ3) is 4.48. The summed E-state index contributed by atoms with van der Waals surface area (Å²) in [6.45, 7) is 4.16. The molecular weight excluding hydrogens is 258 g/mol. The first-order chi connectivity index (χ1) is 9.13. The van der Waals surface area contributed by atoms with Crippen LogP contribution >= 0.6 is 11.3 Å². The fraction of sp³-hybridized carbons (Fsp3) is 0.333. The van der Waals surface area contributed by atoms with E-state index in [-0.39, 0.29) is 5.78 Å². The van der Waals surface area contributed by atoms with E-state index in [1.54, 1.807) is 18.3 Å². The van der Waals surface area contributed by atoms with Crippen LogP contribution in [0.5, 0.6) is 5.75 Å². The van der Waals surface area contributed by atoms with E-state index in [1.807, 2.05) is 37.4 Å². The summed E-state index contributed by atoms with van der Waals surface area (Å²) in [5.74, 6) is 1.07. The van der Waals surface area contributed by atoms with Gasteiger partial charge in [0.1, 0.15) is 18.1 Å². The molecule has 0 N–H and O–H groups in total. The summed E-state index contributed by atoms with van der Waals surface area (Å²) in [6, 6.07) is 7.92. The van der Waals surface area contributed by atoms with Crippen LogP contribution < -0.4 is 4.74 Å². The van der Waals surface area contributed by atoms with Gasteiger partial charge in [-0.05, 0) is 38.0 Å². The SMILES string of the molecule is CC(=O)CCc1ccc(OCc2cnc(C)s2)cc1. The van der Waals surface area contributed by atoms with Gasteiger partial charge in [0.2, 0.25) is 0 Å². The summed E-state index contributed by atoms with van der Waals surface area (Å²) < 4.78 is 5.69. The van der Waals surface area contributed by atoms with Crippen molar-refractivity contribution in [1.29, 1.82) is 0 Å². The Bertz CT molecular complexity index is 546. The first-order valence-corrected chi connectivity index (χ1v) is 7.07. The van der Waals surface area contributed by atoms with E-state index in [2.05, 4.69) is 4.98 Å². The van der Waals surface area contributed by atoms with Gasteiger partial charge in [-0.25, -0.2) is 4.98 Å². The molecule has 0 aliphatic carbocycles. The minimum atomic E-state index is 0.223. The summed E-state index contributed by atoms with van der Waals surface area (Å²) in [4.78, 5) is 16.2. The van der Waals surface area contributed by atoms with Gasteiger partial charge in [0.15, 0.2) is 0 Å². The zero-order chi connectivity index (χ0) is 13.7. The summed E-state index contributed by atoms with van der Waals surface area (Å²) >= 11 is 1.65. The van der Waals surface area contributed by atoms with Crippen LogP contribution in [0.15, 0.2) is 30.5 Å². The second-order valence-corrected chi connectivity index (χ2v) is 5.80. The van der Waals surface area contributed by atoms with E-state index < -0.39 is 0 Å². The van der Waals surface area contributed by atoms with Crippen molar-refractivity contribution in [3.63, 3.8) is 0 Å². The van der Waals surface area contributed by atoms with Gasteiger partial charge in [0.05, 0.1) is 9.88 Å². The Morgan fingerprint density at radius 1 is 1.32 bits per heavy atom. The van der Waals surface area contributed by atoms with Crippen LogP contribution in [0.2, 0.25) is 0 Å². The number of ketones is 1. The normalized spacial score (nSPS) is 10.4. The highest BCUT2D eigenvalue weighted by Gasteiger charge is 2.01. The van der Waals surface area contributed by atoms with Crippen molar-refractivity contribution in [3.05, 3.63) is 45.9 Å². The van der Waals surface area contributed by atoms with Gasteiger partial charge in [-0.15, -0.1) is 11.3 Å². The van der Waals surface area contributed by atoms with Gasteiger partial charge < -0.3 is 9.53 Å². The largest absolute Gasteiger partial charge is 0.488 e. The van der Waals surface area contributed by atoms with Crippen LogP contribution in [0.4, 0.5) is 0 Å². The monoisotopic (exact) mass is 275 g/mol. The zero-order valence-electron chi connectivity index (χ0n) is 11.2. The minimum Gasteiger partial charge on any atom is -0.488 e. The summed E-state index contributed by atoms with van der Waals surface area (Å²) in [6.07, 6.45) is 3.24. The Hall–Kier alpha value is -1.68. The molecule has 0 aliphatic rings. The molecule has 100 valence electrons. The van der Waals surface area contributed by atoms with Crippen molar-refractivity contribution < 1.29 is 9.53 Å². The van der Waals surface area contributed by atoms with E-state index in [9.17, 15) is 4.79 Å². The van der Waals surface area contributed by atoms with E-state index in [4.69, 9.17) is 4.74 Å². The molecule has 0 aliphatic heterocycles. The average molecular weight is 275 g/mol. The summed E-state index contributed by atoms with van der Waals surface area (Å²) in [5, 5.41) is 1.05. The Morgan fingerprint density at radius 3 is 2.63 bits per heavy atom. The molecule has 0 amide bonds. The number of benzene rings is 1. The molecule has 4 heteroatoms. The third-order valence-corrected chi connectivity index (χ3v) is 3.63. The molecule has 1 heterocycles. The summed E-state index contributed by atoms with van der Waals surface area (Å²) in [5.41, 5.74) is 1.16. The van der Waals surface area contributed by atoms with Crippen LogP contribution in [0, 0.1) is 6.92 Å². The van der Waals surface area contributed by atoms with E-state index >= 15 is 0 Å². The highest BCUT2D eigenvalue weighted by Crippen LogP contribution is 2.17. The molecule has 1 aromatic carbocycles. The predicted octanol–water partition coefficient (Wildman–Crippen LogP) is 3.55. The number of carbonyl (C=O) groups is 1. The molecule has 0 spiro atoms. The van der Waals surface area contributed by atoms with Crippen LogP contribution in [0.25, 0.3) is 0 Å². The quantitative estimate of drug-likeness (QED) is 0.809. The second-order valence-electron chi connectivity index (χ2n) is 4.48. The number of aromatic nitrogens is 1. The number of aryl methyl sites for hydroxylation is 2. The number of Topliss-reactive ketones (excluding diaryl/α,β-unsaturated/α-hetero) is 1. The number of nitrogens with zero attached hydrogens (tertiary/aromatic N) is 1. The first kappa shape index (κ1) is 13.7. The number of hydrogen-bond donors (Lipinski definition) is 0. The predicted molar refractivity (Wildman–Crippen MR) is 76.6 cm³/mol. The average Bonchev–Trinajstić information content (AvgIpc) is 2.81.